The van der Waals surface area contributed by atoms with Crippen molar-refractivity contribution in [2.45, 2.75) is 38.1 Å². The second-order valence-corrected chi connectivity index (χ2v) is 5.75. The Morgan fingerprint density at radius 3 is 2.62 bits per heavy atom. The van der Waals surface area contributed by atoms with Crippen LogP contribution in [-0.4, -0.2) is 47.8 Å². The molecule has 0 spiro atoms. The summed E-state index contributed by atoms with van der Waals surface area (Å²) in [6.07, 6.45) is -7.53. The van der Waals surface area contributed by atoms with Gasteiger partial charge < -0.3 is 20.1 Å². The van der Waals surface area contributed by atoms with Gasteiger partial charge in [0, 0.05) is 13.0 Å². The molecule has 0 fully saturated rings. The van der Waals surface area contributed by atoms with Crippen LogP contribution in [-0.2, 0) is 14.4 Å². The Morgan fingerprint density at radius 1 is 1.35 bits per heavy atom. The van der Waals surface area contributed by atoms with Gasteiger partial charge in [0.05, 0.1) is 12.1 Å². The number of hydrogen-bond donors (Lipinski definition) is 2. The molecular weight excluding hydrogens is 357 g/mol. The number of hydrogen-bond acceptors (Lipinski definition) is 4. The SMILES string of the molecule is CC1Oc2ccccc2N(CCC(=O)NC(CC(F)(F)F)C(=O)O)C1=O. The molecule has 7 nitrogen and oxygen atoms in total. The molecule has 26 heavy (non-hydrogen) atoms. The lowest BCUT2D eigenvalue weighted by molar-refractivity contribution is -0.159. The molecule has 2 N–H and O–H groups in total. The Morgan fingerprint density at radius 2 is 2.00 bits per heavy atom. The summed E-state index contributed by atoms with van der Waals surface area (Å²) in [5, 5.41) is 10.6. The van der Waals surface area contributed by atoms with E-state index in [0.717, 1.165) is 0 Å². The van der Waals surface area contributed by atoms with Crippen molar-refractivity contribution in [2.75, 3.05) is 11.4 Å². The Kier molecular flexibility index (Phi) is 5.73. The number of ether oxygens (including phenoxy) is 1. The molecule has 2 atom stereocenters. The van der Waals surface area contributed by atoms with Gasteiger partial charge in [-0.15, -0.1) is 0 Å². The predicted molar refractivity (Wildman–Crippen MR) is 83.7 cm³/mol. The maximum atomic E-state index is 12.4. The highest BCUT2D eigenvalue weighted by Gasteiger charge is 2.36. The molecule has 0 saturated carbocycles. The fraction of sp³-hybridized carbons (Fsp3) is 0.438. The van der Waals surface area contributed by atoms with Crippen LogP contribution >= 0.6 is 0 Å². The number of halogens is 3. The number of amides is 2. The maximum Gasteiger partial charge on any atom is 0.391 e. The number of para-hydroxylation sites is 2. The number of carbonyl (C=O) groups excluding carboxylic acids is 2. The lowest BCUT2D eigenvalue weighted by Gasteiger charge is -2.32. The number of aliphatic carboxylic acids is 1. The summed E-state index contributed by atoms with van der Waals surface area (Å²) in [4.78, 5) is 36.3. The summed E-state index contributed by atoms with van der Waals surface area (Å²) in [5.74, 6) is -2.63. The van der Waals surface area contributed by atoms with Crippen LogP contribution < -0.4 is 15.0 Å². The monoisotopic (exact) mass is 374 g/mol. The highest BCUT2D eigenvalue weighted by atomic mass is 19.4. The van der Waals surface area contributed by atoms with E-state index in [-0.39, 0.29) is 13.0 Å². The van der Waals surface area contributed by atoms with E-state index in [1.165, 1.54) is 11.8 Å². The third kappa shape index (κ3) is 4.87. The number of carbonyl (C=O) groups is 3. The van der Waals surface area contributed by atoms with Gasteiger partial charge in [-0.3, -0.25) is 9.59 Å². The van der Waals surface area contributed by atoms with Crippen molar-refractivity contribution >= 4 is 23.5 Å². The fourth-order valence-electron chi connectivity index (χ4n) is 2.50. The van der Waals surface area contributed by atoms with Crippen LogP contribution in [0.25, 0.3) is 0 Å². The van der Waals surface area contributed by atoms with Crippen LogP contribution in [0.3, 0.4) is 0 Å². The number of fused-ring (bicyclic) bond motifs is 1. The number of carboxylic acids is 1. The van der Waals surface area contributed by atoms with Crippen molar-refractivity contribution in [2.24, 2.45) is 0 Å². The minimum Gasteiger partial charge on any atom is -0.480 e. The number of rotatable bonds is 6. The van der Waals surface area contributed by atoms with Crippen molar-refractivity contribution in [1.82, 2.24) is 5.32 Å². The summed E-state index contributed by atoms with van der Waals surface area (Å²) in [5.41, 5.74) is 0.438. The molecule has 142 valence electrons. The minimum absolute atomic E-state index is 0.117. The number of benzene rings is 1. The fourth-order valence-corrected chi connectivity index (χ4v) is 2.50. The molecule has 1 aliphatic rings. The molecule has 0 aliphatic carbocycles. The molecule has 2 rings (SSSR count). The van der Waals surface area contributed by atoms with Crippen molar-refractivity contribution in [1.29, 1.82) is 0 Å². The van der Waals surface area contributed by atoms with Crippen molar-refractivity contribution in [3.63, 3.8) is 0 Å². The largest absolute Gasteiger partial charge is 0.480 e. The standard InChI is InChI=1S/C16H17F3N2O5/c1-9-14(23)21(11-4-2-3-5-12(11)26-9)7-6-13(22)20-10(15(24)25)8-16(17,18)19/h2-5,9-10H,6-8H2,1H3,(H,20,22)(H,24,25). The van der Waals surface area contributed by atoms with E-state index in [2.05, 4.69) is 0 Å². The molecule has 1 aromatic rings. The zero-order valence-corrected chi connectivity index (χ0v) is 13.7. The third-order valence-corrected chi connectivity index (χ3v) is 3.70. The number of anilines is 1. The summed E-state index contributed by atoms with van der Waals surface area (Å²) in [7, 11) is 0. The molecule has 10 heteroatoms. The van der Waals surface area contributed by atoms with Crippen LogP contribution in [0.1, 0.15) is 19.8 Å². The first-order valence-electron chi connectivity index (χ1n) is 7.74. The summed E-state index contributed by atoms with van der Waals surface area (Å²) >= 11 is 0. The van der Waals surface area contributed by atoms with Gasteiger partial charge in [0.25, 0.3) is 5.91 Å². The first-order valence-corrected chi connectivity index (χ1v) is 7.74. The second kappa shape index (κ2) is 7.63. The van der Waals surface area contributed by atoms with Gasteiger partial charge in [0.1, 0.15) is 11.8 Å². The first-order chi connectivity index (χ1) is 12.1. The molecule has 1 aromatic carbocycles. The van der Waals surface area contributed by atoms with Crippen LogP contribution in [0.5, 0.6) is 5.75 Å². The van der Waals surface area contributed by atoms with Gasteiger partial charge in [-0.2, -0.15) is 13.2 Å². The van der Waals surface area contributed by atoms with Gasteiger partial charge in [-0.05, 0) is 19.1 Å². The van der Waals surface area contributed by atoms with Gasteiger partial charge in [0.15, 0.2) is 6.10 Å². The first kappa shape index (κ1) is 19.5. The number of nitrogens with one attached hydrogen (secondary N) is 1. The average molecular weight is 374 g/mol. The minimum atomic E-state index is -4.73. The molecule has 0 aromatic heterocycles. The van der Waals surface area contributed by atoms with Crippen LogP contribution in [0.15, 0.2) is 24.3 Å². The van der Waals surface area contributed by atoms with Crippen molar-refractivity contribution < 1.29 is 37.4 Å². The number of nitrogens with zero attached hydrogens (tertiary/aromatic N) is 1. The van der Waals surface area contributed by atoms with Crippen molar-refractivity contribution in [3.05, 3.63) is 24.3 Å². The Labute approximate surface area is 146 Å². The zero-order valence-electron chi connectivity index (χ0n) is 13.7. The molecule has 2 unspecified atom stereocenters. The van der Waals surface area contributed by atoms with E-state index in [9.17, 15) is 27.6 Å². The average Bonchev–Trinajstić information content (AvgIpc) is 2.53. The molecule has 0 saturated heterocycles. The topological polar surface area (TPSA) is 95.9 Å². The summed E-state index contributed by atoms with van der Waals surface area (Å²) < 4.78 is 42.6. The van der Waals surface area contributed by atoms with Gasteiger partial charge >= 0.3 is 12.1 Å². The van der Waals surface area contributed by atoms with Crippen LogP contribution in [0.4, 0.5) is 18.9 Å². The molecule has 0 radical (unpaired) electrons. The maximum absolute atomic E-state index is 12.4. The smallest absolute Gasteiger partial charge is 0.391 e. The van der Waals surface area contributed by atoms with Crippen molar-refractivity contribution in [3.8, 4) is 5.75 Å². The lowest BCUT2D eigenvalue weighted by atomic mass is 10.1. The Balaban J connectivity index is 2.02. The van der Waals surface area contributed by atoms with Crippen LogP contribution in [0, 0.1) is 0 Å². The molecular formula is C16H17F3N2O5. The highest BCUT2D eigenvalue weighted by Crippen LogP contribution is 2.33. The zero-order chi connectivity index (χ0) is 19.5. The molecule has 0 bridgehead atoms. The third-order valence-electron chi connectivity index (χ3n) is 3.70. The van der Waals surface area contributed by atoms with Gasteiger partial charge in [-0.1, -0.05) is 12.1 Å². The second-order valence-electron chi connectivity index (χ2n) is 5.75. The van der Waals surface area contributed by atoms with E-state index in [1.807, 2.05) is 5.32 Å². The van der Waals surface area contributed by atoms with Crippen LogP contribution in [0.2, 0.25) is 0 Å². The van der Waals surface area contributed by atoms with E-state index in [1.54, 1.807) is 24.3 Å². The van der Waals surface area contributed by atoms with Gasteiger partial charge in [0.2, 0.25) is 5.91 Å². The Bertz CT molecular complexity index is 707. The van der Waals surface area contributed by atoms with E-state index in [4.69, 9.17) is 9.84 Å². The lowest BCUT2D eigenvalue weighted by Crippen LogP contribution is -2.47. The number of alkyl halides is 3. The highest BCUT2D eigenvalue weighted by molar-refractivity contribution is 6.00. The Hall–Kier alpha value is -2.78. The quantitative estimate of drug-likeness (QED) is 0.790. The summed E-state index contributed by atoms with van der Waals surface area (Å²) in [6, 6.07) is 4.56. The molecule has 2 amide bonds. The van der Waals surface area contributed by atoms with E-state index in [0.29, 0.717) is 11.4 Å². The molecule has 1 heterocycles. The van der Waals surface area contributed by atoms with Gasteiger partial charge in [-0.25, -0.2) is 4.79 Å². The number of carboxylic acid groups (broad SMARTS) is 1. The molecule has 1 aliphatic heterocycles. The summed E-state index contributed by atoms with van der Waals surface area (Å²) in [6.45, 7) is 1.42. The van der Waals surface area contributed by atoms with E-state index >= 15 is 0 Å². The predicted octanol–water partition coefficient (Wildman–Crippen LogP) is 1.71. The normalized spacial score (nSPS) is 17.9. The van der Waals surface area contributed by atoms with E-state index < -0.39 is 42.5 Å².